The first-order chi connectivity index (χ1) is 9.17. The topological polar surface area (TPSA) is 34.1 Å². The summed E-state index contributed by atoms with van der Waals surface area (Å²) < 4.78 is 0. The predicted molar refractivity (Wildman–Crippen MR) is 75.2 cm³/mol. The quantitative estimate of drug-likeness (QED) is 0.409. The highest BCUT2D eigenvalue weighted by molar-refractivity contribution is 7.99. The number of hydrogen-bond acceptors (Lipinski definition) is 3. The fraction of sp³-hybridized carbons (Fsp3) is 0.0667. The molecule has 0 amide bonds. The van der Waals surface area contributed by atoms with Crippen molar-refractivity contribution in [1.82, 2.24) is 0 Å². The summed E-state index contributed by atoms with van der Waals surface area (Å²) in [6, 6.07) is 11.2. The molecule has 19 heavy (non-hydrogen) atoms. The van der Waals surface area contributed by atoms with E-state index in [1.807, 2.05) is 24.3 Å². The van der Waals surface area contributed by atoms with Crippen molar-refractivity contribution in [3.8, 4) is 0 Å². The molecule has 4 heteroatoms. The van der Waals surface area contributed by atoms with Gasteiger partial charge in [-0.1, -0.05) is 23.4 Å². The molecule has 0 spiro atoms. The average molecular weight is 289 g/mol. The molecule has 0 saturated heterocycles. The standard InChI is InChI=1S/C15H9ClO2S/c16-12-2-4-15-11(7-12)6-10-5-9(13(18)8-17)1-3-14(10)19-15/h1-5,7-8H,6H2. The van der Waals surface area contributed by atoms with Gasteiger partial charge >= 0.3 is 0 Å². The zero-order valence-corrected chi connectivity index (χ0v) is 11.4. The van der Waals surface area contributed by atoms with Crippen molar-refractivity contribution < 1.29 is 9.59 Å². The molecular formula is C15H9ClO2S. The zero-order valence-electron chi connectivity index (χ0n) is 9.85. The third-order valence-corrected chi connectivity index (χ3v) is 4.55. The van der Waals surface area contributed by atoms with Gasteiger partial charge in [0.25, 0.3) is 0 Å². The molecule has 2 nitrogen and oxygen atoms in total. The van der Waals surface area contributed by atoms with Crippen LogP contribution in [0.3, 0.4) is 0 Å². The van der Waals surface area contributed by atoms with E-state index in [0.717, 1.165) is 22.4 Å². The minimum absolute atomic E-state index is 0.350. The van der Waals surface area contributed by atoms with Crippen LogP contribution >= 0.6 is 23.4 Å². The highest BCUT2D eigenvalue weighted by Gasteiger charge is 2.17. The molecule has 1 heterocycles. The van der Waals surface area contributed by atoms with Crippen molar-refractivity contribution in [2.75, 3.05) is 0 Å². The van der Waals surface area contributed by atoms with E-state index in [9.17, 15) is 9.59 Å². The maximum atomic E-state index is 11.4. The van der Waals surface area contributed by atoms with Crippen molar-refractivity contribution in [2.24, 2.45) is 0 Å². The molecule has 0 N–H and O–H groups in total. The van der Waals surface area contributed by atoms with Gasteiger partial charge in [-0.15, -0.1) is 0 Å². The van der Waals surface area contributed by atoms with E-state index in [1.54, 1.807) is 23.9 Å². The van der Waals surface area contributed by atoms with Gasteiger partial charge in [-0.05, 0) is 53.9 Å². The van der Waals surface area contributed by atoms with Gasteiger partial charge in [0, 0.05) is 20.4 Å². The summed E-state index contributed by atoms with van der Waals surface area (Å²) in [5.41, 5.74) is 2.66. The molecule has 0 atom stereocenters. The number of carbonyl (C=O) groups is 2. The molecule has 2 aromatic rings. The lowest BCUT2D eigenvalue weighted by atomic mass is 10.0. The fourth-order valence-electron chi connectivity index (χ4n) is 2.15. The summed E-state index contributed by atoms with van der Waals surface area (Å²) in [5, 5.41) is 0.711. The number of hydrogen-bond donors (Lipinski definition) is 0. The van der Waals surface area contributed by atoms with Gasteiger partial charge < -0.3 is 0 Å². The van der Waals surface area contributed by atoms with Crippen molar-refractivity contribution in [3.63, 3.8) is 0 Å². The largest absolute Gasteiger partial charge is 0.294 e. The fourth-order valence-corrected chi connectivity index (χ4v) is 3.38. The Hall–Kier alpha value is -1.58. The van der Waals surface area contributed by atoms with E-state index in [1.165, 1.54) is 4.90 Å². The van der Waals surface area contributed by atoms with Crippen LogP contribution in [0.5, 0.6) is 0 Å². The van der Waals surface area contributed by atoms with Crippen LogP contribution in [0.25, 0.3) is 0 Å². The van der Waals surface area contributed by atoms with Gasteiger partial charge in [-0.3, -0.25) is 9.59 Å². The molecule has 1 aliphatic heterocycles. The normalized spacial score (nSPS) is 12.5. The van der Waals surface area contributed by atoms with E-state index in [0.29, 0.717) is 16.9 Å². The molecule has 0 unspecified atom stereocenters. The summed E-state index contributed by atoms with van der Waals surface area (Å²) in [6.07, 6.45) is 1.08. The van der Waals surface area contributed by atoms with Gasteiger partial charge in [-0.2, -0.15) is 0 Å². The van der Waals surface area contributed by atoms with Gasteiger partial charge in [0.2, 0.25) is 5.78 Å². The summed E-state index contributed by atoms with van der Waals surface area (Å²) in [4.78, 5) is 24.3. The molecule has 0 bridgehead atoms. The van der Waals surface area contributed by atoms with Crippen LogP contribution in [0.1, 0.15) is 21.5 Å². The second kappa shape index (κ2) is 4.83. The summed E-state index contributed by atoms with van der Waals surface area (Å²) in [6.45, 7) is 0. The molecular weight excluding hydrogens is 280 g/mol. The highest BCUT2D eigenvalue weighted by Crippen LogP contribution is 2.40. The van der Waals surface area contributed by atoms with Crippen LogP contribution in [-0.2, 0) is 11.2 Å². The van der Waals surface area contributed by atoms with Crippen LogP contribution in [0.2, 0.25) is 5.02 Å². The first-order valence-electron chi connectivity index (χ1n) is 5.76. The average Bonchev–Trinajstić information content (AvgIpc) is 2.43. The second-order valence-corrected chi connectivity index (χ2v) is 5.86. The predicted octanol–water partition coefficient (Wildman–Crippen LogP) is 3.78. The van der Waals surface area contributed by atoms with Crippen molar-refractivity contribution >= 4 is 35.4 Å². The zero-order chi connectivity index (χ0) is 13.4. The Kier molecular flexibility index (Phi) is 3.17. The Morgan fingerprint density at radius 3 is 2.53 bits per heavy atom. The highest BCUT2D eigenvalue weighted by atomic mass is 35.5. The van der Waals surface area contributed by atoms with Crippen LogP contribution in [0.4, 0.5) is 0 Å². The second-order valence-electron chi connectivity index (χ2n) is 4.34. The number of rotatable bonds is 2. The first kappa shape index (κ1) is 12.5. The number of fused-ring (bicyclic) bond motifs is 2. The van der Waals surface area contributed by atoms with Crippen LogP contribution in [0.15, 0.2) is 46.2 Å². The SMILES string of the molecule is O=CC(=O)c1ccc2c(c1)Cc1cc(Cl)ccc1S2. The third kappa shape index (κ3) is 2.31. The van der Waals surface area contributed by atoms with Gasteiger partial charge in [0.05, 0.1) is 0 Å². The Bertz CT molecular complexity index is 695. The molecule has 0 fully saturated rings. The smallest absolute Gasteiger partial charge is 0.225 e. The van der Waals surface area contributed by atoms with Gasteiger partial charge in [0.15, 0.2) is 6.29 Å². The lowest BCUT2D eigenvalue weighted by molar-refractivity contribution is -0.104. The Morgan fingerprint density at radius 1 is 1.11 bits per heavy atom. The molecule has 3 rings (SSSR count). The molecule has 94 valence electrons. The van der Waals surface area contributed by atoms with E-state index in [2.05, 4.69) is 0 Å². The number of Topliss-reactive ketones (excluding diaryl/α,β-unsaturated/α-hetero) is 1. The molecule has 0 aromatic heterocycles. The molecule has 0 aliphatic carbocycles. The van der Waals surface area contributed by atoms with E-state index >= 15 is 0 Å². The Balaban J connectivity index is 2.03. The molecule has 1 aliphatic rings. The molecule has 2 aromatic carbocycles. The van der Waals surface area contributed by atoms with Gasteiger partial charge in [0.1, 0.15) is 0 Å². The lowest BCUT2D eigenvalue weighted by Crippen LogP contribution is -2.04. The van der Waals surface area contributed by atoms with E-state index in [4.69, 9.17) is 11.6 Å². The molecule has 0 saturated carbocycles. The lowest BCUT2D eigenvalue weighted by Gasteiger charge is -2.19. The van der Waals surface area contributed by atoms with Crippen molar-refractivity contribution in [2.45, 2.75) is 16.2 Å². The van der Waals surface area contributed by atoms with Crippen molar-refractivity contribution in [3.05, 3.63) is 58.1 Å². The van der Waals surface area contributed by atoms with Crippen LogP contribution in [0, 0.1) is 0 Å². The Morgan fingerprint density at radius 2 is 1.79 bits per heavy atom. The van der Waals surface area contributed by atoms with Gasteiger partial charge in [-0.25, -0.2) is 0 Å². The minimum Gasteiger partial charge on any atom is -0.294 e. The minimum atomic E-state index is -0.482. The van der Waals surface area contributed by atoms with E-state index in [-0.39, 0.29) is 0 Å². The number of benzene rings is 2. The van der Waals surface area contributed by atoms with Crippen molar-refractivity contribution in [1.29, 1.82) is 0 Å². The maximum absolute atomic E-state index is 11.4. The maximum Gasteiger partial charge on any atom is 0.225 e. The third-order valence-electron chi connectivity index (χ3n) is 3.08. The molecule has 0 radical (unpaired) electrons. The number of halogens is 1. The number of ketones is 1. The summed E-state index contributed by atoms with van der Waals surface area (Å²) >= 11 is 7.66. The summed E-state index contributed by atoms with van der Waals surface area (Å²) in [5.74, 6) is -0.482. The monoisotopic (exact) mass is 288 g/mol. The van der Waals surface area contributed by atoms with Crippen LogP contribution < -0.4 is 0 Å². The Labute approximate surface area is 119 Å². The number of aldehydes is 1. The number of carbonyl (C=O) groups excluding carboxylic acids is 2. The van der Waals surface area contributed by atoms with Crippen LogP contribution in [-0.4, -0.2) is 12.1 Å². The first-order valence-corrected chi connectivity index (χ1v) is 6.95. The van der Waals surface area contributed by atoms with E-state index < -0.39 is 5.78 Å². The summed E-state index contributed by atoms with van der Waals surface area (Å²) in [7, 11) is 0.